The molecule has 0 unspecified atom stereocenters. The first-order chi connectivity index (χ1) is 4.70. The summed E-state index contributed by atoms with van der Waals surface area (Å²) in [6.45, 7) is 3.79. The van der Waals surface area contributed by atoms with E-state index in [0.717, 1.165) is 0 Å². The molecule has 0 rings (SSSR count). The van der Waals surface area contributed by atoms with Crippen molar-refractivity contribution < 1.29 is 10.2 Å². The summed E-state index contributed by atoms with van der Waals surface area (Å²) >= 11 is 0. The molecule has 0 aliphatic rings. The molecule has 0 aliphatic heterocycles. The highest BCUT2D eigenvalue weighted by atomic mass is 16.3. The lowest BCUT2D eigenvalue weighted by molar-refractivity contribution is 0.203. The molecule has 0 saturated heterocycles. The van der Waals surface area contributed by atoms with Crippen molar-refractivity contribution in [3.8, 4) is 0 Å². The van der Waals surface area contributed by atoms with Crippen LogP contribution in [0.25, 0.3) is 0 Å². The van der Waals surface area contributed by atoms with Crippen LogP contribution in [-0.2, 0) is 0 Å². The molecule has 0 bridgehead atoms. The fraction of sp³-hybridized carbons (Fsp3) is 0.750. The molecular formula is C8H16O2. The van der Waals surface area contributed by atoms with E-state index in [1.165, 1.54) is 0 Å². The van der Waals surface area contributed by atoms with Gasteiger partial charge < -0.3 is 10.2 Å². The highest BCUT2D eigenvalue weighted by Gasteiger charge is 1.95. The highest BCUT2D eigenvalue weighted by molar-refractivity contribution is 4.92. The molecular weight excluding hydrogens is 128 g/mol. The van der Waals surface area contributed by atoms with Gasteiger partial charge in [0.05, 0.1) is 12.2 Å². The molecule has 0 aromatic rings. The van der Waals surface area contributed by atoms with Gasteiger partial charge in [0.1, 0.15) is 0 Å². The van der Waals surface area contributed by atoms with Crippen LogP contribution in [0, 0.1) is 0 Å². The summed E-state index contributed by atoms with van der Waals surface area (Å²) in [5.74, 6) is 0. The normalized spacial score (nSPS) is 17.6. The van der Waals surface area contributed by atoms with E-state index in [2.05, 4.69) is 0 Å². The number of rotatable bonds is 4. The summed E-state index contributed by atoms with van der Waals surface area (Å²) < 4.78 is 0. The lowest BCUT2D eigenvalue weighted by Gasteiger charge is -2.02. The summed E-state index contributed by atoms with van der Waals surface area (Å²) in [5.41, 5.74) is 0. The Morgan fingerprint density at radius 3 is 1.50 bits per heavy atom. The number of aliphatic hydroxyl groups is 2. The van der Waals surface area contributed by atoms with E-state index in [9.17, 15) is 0 Å². The Labute approximate surface area is 62.2 Å². The van der Waals surface area contributed by atoms with Crippen LogP contribution in [0.2, 0.25) is 0 Å². The minimum atomic E-state index is -0.402. The van der Waals surface area contributed by atoms with Crippen molar-refractivity contribution in [3.05, 3.63) is 12.2 Å². The van der Waals surface area contributed by atoms with Crippen molar-refractivity contribution in [1.82, 2.24) is 0 Å². The van der Waals surface area contributed by atoms with Gasteiger partial charge in [0.15, 0.2) is 0 Å². The van der Waals surface area contributed by atoms with Gasteiger partial charge in [0, 0.05) is 0 Å². The smallest absolute Gasteiger partial charge is 0.0719 e. The second kappa shape index (κ2) is 5.45. The van der Waals surface area contributed by atoms with Crippen molar-refractivity contribution in [3.63, 3.8) is 0 Å². The Kier molecular flexibility index (Phi) is 5.26. The molecule has 2 atom stereocenters. The predicted octanol–water partition coefficient (Wildman–Crippen LogP) is 1.08. The zero-order chi connectivity index (χ0) is 7.98. The van der Waals surface area contributed by atoms with Gasteiger partial charge in [0.25, 0.3) is 0 Å². The molecule has 0 heterocycles. The van der Waals surface area contributed by atoms with Crippen LogP contribution < -0.4 is 0 Å². The largest absolute Gasteiger partial charge is 0.389 e. The highest BCUT2D eigenvalue weighted by Crippen LogP contribution is 1.96. The van der Waals surface area contributed by atoms with Gasteiger partial charge in [0.2, 0.25) is 0 Å². The second-order valence-electron chi connectivity index (χ2n) is 2.34. The molecule has 0 saturated carbocycles. The molecule has 60 valence electrons. The number of hydrogen-bond donors (Lipinski definition) is 2. The minimum absolute atomic E-state index is 0.402. The van der Waals surface area contributed by atoms with Crippen molar-refractivity contribution in [2.45, 2.75) is 38.9 Å². The third-order valence-corrected chi connectivity index (χ3v) is 1.39. The van der Waals surface area contributed by atoms with E-state index in [0.29, 0.717) is 12.8 Å². The first-order valence-electron chi connectivity index (χ1n) is 3.75. The summed E-state index contributed by atoms with van der Waals surface area (Å²) in [5, 5.41) is 18.0. The number of hydrogen-bond acceptors (Lipinski definition) is 2. The average molecular weight is 144 g/mol. The molecule has 0 spiro atoms. The summed E-state index contributed by atoms with van der Waals surface area (Å²) in [6, 6.07) is 0. The quantitative estimate of drug-likeness (QED) is 0.580. The topological polar surface area (TPSA) is 40.5 Å². The van der Waals surface area contributed by atoms with Crippen LogP contribution in [0.4, 0.5) is 0 Å². The van der Waals surface area contributed by atoms with E-state index in [1.54, 1.807) is 12.2 Å². The SMILES string of the molecule is CC[C@H](O)/C=C/[C@H](O)CC. The molecule has 0 aromatic carbocycles. The van der Waals surface area contributed by atoms with Gasteiger partial charge in [-0.15, -0.1) is 0 Å². The van der Waals surface area contributed by atoms with Gasteiger partial charge in [-0.05, 0) is 12.8 Å². The molecule has 0 aliphatic carbocycles. The average Bonchev–Trinajstić information content (AvgIpc) is 1.99. The van der Waals surface area contributed by atoms with Crippen LogP contribution in [0.15, 0.2) is 12.2 Å². The van der Waals surface area contributed by atoms with Crippen molar-refractivity contribution >= 4 is 0 Å². The molecule has 2 heteroatoms. The molecule has 0 amide bonds. The van der Waals surface area contributed by atoms with Crippen LogP contribution in [0.5, 0.6) is 0 Å². The fourth-order valence-corrected chi connectivity index (χ4v) is 0.529. The first-order valence-corrected chi connectivity index (χ1v) is 3.75. The van der Waals surface area contributed by atoms with Gasteiger partial charge in [-0.2, -0.15) is 0 Å². The summed E-state index contributed by atoms with van der Waals surface area (Å²) in [6.07, 6.45) is 3.87. The molecule has 10 heavy (non-hydrogen) atoms. The Morgan fingerprint density at radius 2 is 1.30 bits per heavy atom. The zero-order valence-electron chi connectivity index (χ0n) is 6.62. The molecule has 2 nitrogen and oxygen atoms in total. The van der Waals surface area contributed by atoms with E-state index in [4.69, 9.17) is 10.2 Å². The fourth-order valence-electron chi connectivity index (χ4n) is 0.529. The lowest BCUT2D eigenvalue weighted by Crippen LogP contribution is -2.03. The van der Waals surface area contributed by atoms with Crippen LogP contribution in [0.3, 0.4) is 0 Å². The first kappa shape index (κ1) is 9.66. The maximum absolute atomic E-state index is 9.00. The third kappa shape index (κ3) is 4.53. The number of aliphatic hydroxyl groups excluding tert-OH is 2. The minimum Gasteiger partial charge on any atom is -0.389 e. The molecule has 0 aromatic heterocycles. The van der Waals surface area contributed by atoms with Crippen molar-refractivity contribution in [2.75, 3.05) is 0 Å². The summed E-state index contributed by atoms with van der Waals surface area (Å²) in [7, 11) is 0. The predicted molar refractivity (Wildman–Crippen MR) is 41.7 cm³/mol. The van der Waals surface area contributed by atoms with Crippen molar-refractivity contribution in [1.29, 1.82) is 0 Å². The lowest BCUT2D eigenvalue weighted by atomic mass is 10.2. The van der Waals surface area contributed by atoms with Crippen LogP contribution in [0.1, 0.15) is 26.7 Å². The molecule has 0 fully saturated rings. The third-order valence-electron chi connectivity index (χ3n) is 1.39. The van der Waals surface area contributed by atoms with Crippen LogP contribution >= 0.6 is 0 Å². The monoisotopic (exact) mass is 144 g/mol. The van der Waals surface area contributed by atoms with Gasteiger partial charge in [-0.1, -0.05) is 26.0 Å². The Hall–Kier alpha value is -0.340. The molecule has 2 N–H and O–H groups in total. The van der Waals surface area contributed by atoms with Gasteiger partial charge >= 0.3 is 0 Å². The molecule has 0 radical (unpaired) electrons. The van der Waals surface area contributed by atoms with Crippen LogP contribution in [-0.4, -0.2) is 22.4 Å². The maximum atomic E-state index is 9.00. The van der Waals surface area contributed by atoms with E-state index < -0.39 is 12.2 Å². The van der Waals surface area contributed by atoms with Gasteiger partial charge in [-0.25, -0.2) is 0 Å². The standard InChI is InChI=1S/C8H16O2/c1-3-7(9)5-6-8(10)4-2/h5-10H,3-4H2,1-2H3/b6-5+/t7-,8+. The van der Waals surface area contributed by atoms with E-state index >= 15 is 0 Å². The zero-order valence-corrected chi connectivity index (χ0v) is 6.62. The van der Waals surface area contributed by atoms with E-state index in [-0.39, 0.29) is 0 Å². The second-order valence-corrected chi connectivity index (χ2v) is 2.34. The van der Waals surface area contributed by atoms with Gasteiger partial charge in [-0.3, -0.25) is 0 Å². The summed E-state index contributed by atoms with van der Waals surface area (Å²) in [4.78, 5) is 0. The van der Waals surface area contributed by atoms with E-state index in [1.807, 2.05) is 13.8 Å². The maximum Gasteiger partial charge on any atom is 0.0719 e. The van der Waals surface area contributed by atoms with Crippen molar-refractivity contribution in [2.24, 2.45) is 0 Å². The Balaban J connectivity index is 3.52. The Morgan fingerprint density at radius 1 is 1.00 bits per heavy atom. The Bertz CT molecular complexity index is 87.4.